The molecule has 10 heteroatoms. The normalized spacial score (nSPS) is 11.4. The number of H-pyrrole nitrogens is 1. The number of hydrogen-bond donors (Lipinski definition) is 2. The summed E-state index contributed by atoms with van der Waals surface area (Å²) in [6, 6.07) is 13.7. The van der Waals surface area contributed by atoms with Gasteiger partial charge in [-0.1, -0.05) is 48.0 Å². The van der Waals surface area contributed by atoms with Crippen molar-refractivity contribution in [1.29, 1.82) is 5.26 Å². The van der Waals surface area contributed by atoms with Crippen LogP contribution in [0.5, 0.6) is 0 Å². The van der Waals surface area contributed by atoms with Gasteiger partial charge in [0, 0.05) is 5.56 Å². The predicted octanol–water partition coefficient (Wildman–Crippen LogP) is 4.43. The predicted molar refractivity (Wildman–Crippen MR) is 103 cm³/mol. The molecular formula is C19H11ClF3N5O. The van der Waals surface area contributed by atoms with Crippen LogP contribution < -0.4 is 11.0 Å². The Morgan fingerprint density at radius 1 is 1.21 bits per heavy atom. The highest BCUT2D eigenvalue weighted by Gasteiger charge is 2.33. The van der Waals surface area contributed by atoms with E-state index in [1.54, 1.807) is 36.4 Å². The van der Waals surface area contributed by atoms with Crippen molar-refractivity contribution in [2.45, 2.75) is 6.18 Å². The Bertz CT molecular complexity index is 1170. The Kier molecular flexibility index (Phi) is 5.66. The number of nitriles is 1. The number of anilines is 1. The number of halogens is 4. The van der Waals surface area contributed by atoms with Crippen LogP contribution in [0.15, 0.2) is 58.4 Å². The van der Waals surface area contributed by atoms with E-state index in [0.29, 0.717) is 5.56 Å². The molecule has 0 aliphatic heterocycles. The van der Waals surface area contributed by atoms with Crippen LogP contribution >= 0.6 is 11.6 Å². The average molecular weight is 418 g/mol. The first-order valence-electron chi connectivity index (χ1n) is 8.05. The maximum Gasteiger partial charge on any atom is 0.417 e. The van der Waals surface area contributed by atoms with Gasteiger partial charge in [0.05, 0.1) is 22.5 Å². The molecule has 6 nitrogen and oxygen atoms in total. The summed E-state index contributed by atoms with van der Waals surface area (Å²) < 4.78 is 38.7. The summed E-state index contributed by atoms with van der Waals surface area (Å²) in [5, 5.41) is 12.6. The number of aromatic amines is 1. The van der Waals surface area contributed by atoms with Crippen LogP contribution in [0.4, 0.5) is 19.1 Å². The molecule has 3 aromatic rings. The Labute approximate surface area is 167 Å². The number of hydrazone groups is 1. The molecule has 0 unspecified atom stereocenters. The fraction of sp³-hybridized carbons (Fsp3) is 0.0526. The third kappa shape index (κ3) is 4.62. The number of hydrogen-bond acceptors (Lipinski definition) is 5. The molecular weight excluding hydrogens is 407 g/mol. The van der Waals surface area contributed by atoms with E-state index < -0.39 is 22.3 Å². The Morgan fingerprint density at radius 3 is 2.59 bits per heavy atom. The fourth-order valence-corrected chi connectivity index (χ4v) is 2.67. The van der Waals surface area contributed by atoms with Crippen molar-refractivity contribution in [3.63, 3.8) is 0 Å². The van der Waals surface area contributed by atoms with Gasteiger partial charge in [0.1, 0.15) is 11.6 Å². The Balaban J connectivity index is 1.90. The zero-order valence-corrected chi connectivity index (χ0v) is 15.2. The molecule has 29 heavy (non-hydrogen) atoms. The second kappa shape index (κ2) is 8.16. The third-order valence-electron chi connectivity index (χ3n) is 3.76. The van der Waals surface area contributed by atoms with Gasteiger partial charge in [0.2, 0.25) is 5.95 Å². The van der Waals surface area contributed by atoms with Crippen molar-refractivity contribution in [1.82, 2.24) is 9.97 Å². The summed E-state index contributed by atoms with van der Waals surface area (Å²) >= 11 is 5.58. The first-order chi connectivity index (χ1) is 13.8. The lowest BCUT2D eigenvalue weighted by Gasteiger charge is -2.09. The molecule has 1 heterocycles. The fourth-order valence-electron chi connectivity index (χ4n) is 2.44. The van der Waals surface area contributed by atoms with E-state index in [9.17, 15) is 23.2 Å². The SMILES string of the molecule is N#Cc1c(-c2ccccc2)nc(NN=Cc2ccc(Cl)c(C(F)(F)F)c2)[nH]c1=O. The third-order valence-corrected chi connectivity index (χ3v) is 4.09. The van der Waals surface area contributed by atoms with Crippen molar-refractivity contribution in [2.75, 3.05) is 5.43 Å². The molecule has 0 amide bonds. The molecule has 0 saturated carbocycles. The van der Waals surface area contributed by atoms with Crippen molar-refractivity contribution in [3.8, 4) is 17.3 Å². The second-order valence-electron chi connectivity index (χ2n) is 5.72. The van der Waals surface area contributed by atoms with E-state index in [4.69, 9.17) is 11.6 Å². The van der Waals surface area contributed by atoms with Gasteiger partial charge in [-0.3, -0.25) is 9.78 Å². The van der Waals surface area contributed by atoms with Crippen LogP contribution in [0.1, 0.15) is 16.7 Å². The monoisotopic (exact) mass is 417 g/mol. The van der Waals surface area contributed by atoms with E-state index in [-0.39, 0.29) is 22.8 Å². The minimum Gasteiger partial charge on any atom is -0.290 e. The van der Waals surface area contributed by atoms with Crippen molar-refractivity contribution in [2.24, 2.45) is 5.10 Å². The summed E-state index contributed by atoms with van der Waals surface area (Å²) in [5.41, 5.74) is 1.45. The molecule has 3 rings (SSSR count). The molecule has 0 aliphatic carbocycles. The maximum absolute atomic E-state index is 12.9. The molecule has 2 N–H and O–H groups in total. The summed E-state index contributed by atoms with van der Waals surface area (Å²) in [5.74, 6) is -0.0749. The standard InChI is InChI=1S/C19H11ClF3N5O/c20-15-7-6-11(8-14(15)19(21,22)23)10-25-28-18-26-16(12-4-2-1-3-5-12)13(9-24)17(29)27-18/h1-8,10H,(H2,26,27,28,29). The summed E-state index contributed by atoms with van der Waals surface area (Å²) in [6.07, 6.45) is -3.48. The molecule has 0 bridgehead atoms. The minimum absolute atomic E-state index is 0.0749. The first kappa shape index (κ1) is 20.1. The van der Waals surface area contributed by atoms with Gasteiger partial charge >= 0.3 is 6.18 Å². The molecule has 0 aliphatic rings. The number of benzene rings is 2. The van der Waals surface area contributed by atoms with E-state index in [2.05, 4.69) is 20.5 Å². The number of nitrogens with zero attached hydrogens (tertiary/aromatic N) is 3. The van der Waals surface area contributed by atoms with Crippen LogP contribution in [0.3, 0.4) is 0 Å². The molecule has 0 spiro atoms. The largest absolute Gasteiger partial charge is 0.417 e. The zero-order valence-electron chi connectivity index (χ0n) is 14.5. The van der Waals surface area contributed by atoms with Crippen molar-refractivity contribution < 1.29 is 13.2 Å². The number of rotatable bonds is 4. The topological polar surface area (TPSA) is 93.9 Å². The summed E-state index contributed by atoms with van der Waals surface area (Å²) in [4.78, 5) is 18.7. The first-order valence-corrected chi connectivity index (χ1v) is 8.43. The number of nitrogens with one attached hydrogen (secondary N) is 2. The molecule has 1 aromatic heterocycles. The summed E-state index contributed by atoms with van der Waals surface area (Å²) in [7, 11) is 0. The van der Waals surface area contributed by atoms with Crippen LogP contribution in [0.25, 0.3) is 11.3 Å². The van der Waals surface area contributed by atoms with Gasteiger partial charge < -0.3 is 0 Å². The minimum atomic E-state index is -4.60. The van der Waals surface area contributed by atoms with E-state index in [1.807, 2.05) is 0 Å². The quantitative estimate of drug-likeness (QED) is 0.485. The number of aromatic nitrogens is 2. The van der Waals surface area contributed by atoms with Crippen LogP contribution in [-0.4, -0.2) is 16.2 Å². The molecule has 146 valence electrons. The Morgan fingerprint density at radius 2 is 1.93 bits per heavy atom. The van der Waals surface area contributed by atoms with Crippen molar-refractivity contribution in [3.05, 3.63) is 80.6 Å². The van der Waals surface area contributed by atoms with Crippen LogP contribution in [0, 0.1) is 11.3 Å². The van der Waals surface area contributed by atoms with E-state index in [0.717, 1.165) is 18.3 Å². The van der Waals surface area contributed by atoms with Crippen LogP contribution in [0.2, 0.25) is 5.02 Å². The molecule has 0 atom stereocenters. The van der Waals surface area contributed by atoms with Gasteiger partial charge in [0.25, 0.3) is 5.56 Å². The second-order valence-corrected chi connectivity index (χ2v) is 6.13. The average Bonchev–Trinajstić information content (AvgIpc) is 2.68. The highest BCUT2D eigenvalue weighted by Crippen LogP contribution is 2.34. The lowest BCUT2D eigenvalue weighted by Crippen LogP contribution is -2.16. The number of alkyl halides is 3. The van der Waals surface area contributed by atoms with Crippen molar-refractivity contribution >= 4 is 23.8 Å². The Hall–Kier alpha value is -3.64. The molecule has 0 saturated heterocycles. The van der Waals surface area contributed by atoms with E-state index >= 15 is 0 Å². The van der Waals surface area contributed by atoms with Gasteiger partial charge in [-0.15, -0.1) is 0 Å². The highest BCUT2D eigenvalue weighted by molar-refractivity contribution is 6.31. The van der Waals surface area contributed by atoms with Crippen LogP contribution in [-0.2, 0) is 6.18 Å². The summed E-state index contributed by atoms with van der Waals surface area (Å²) in [6.45, 7) is 0. The van der Waals surface area contributed by atoms with E-state index in [1.165, 1.54) is 6.07 Å². The lowest BCUT2D eigenvalue weighted by molar-refractivity contribution is -0.137. The van der Waals surface area contributed by atoms with Gasteiger partial charge in [-0.25, -0.2) is 10.4 Å². The molecule has 0 fully saturated rings. The highest BCUT2D eigenvalue weighted by atomic mass is 35.5. The smallest absolute Gasteiger partial charge is 0.290 e. The van der Waals surface area contributed by atoms with Gasteiger partial charge in [-0.05, 0) is 17.7 Å². The molecule has 0 radical (unpaired) electrons. The van der Waals surface area contributed by atoms with Gasteiger partial charge in [0.15, 0.2) is 0 Å². The maximum atomic E-state index is 12.9. The zero-order chi connectivity index (χ0) is 21.0. The van der Waals surface area contributed by atoms with Gasteiger partial charge in [-0.2, -0.15) is 23.5 Å². The molecule has 2 aromatic carbocycles. The lowest BCUT2D eigenvalue weighted by atomic mass is 10.1.